The van der Waals surface area contributed by atoms with Crippen LogP contribution in [0.1, 0.15) is 15.9 Å². The number of benzene rings is 2. The quantitative estimate of drug-likeness (QED) is 0.744. The minimum Gasteiger partial charge on any atom is -0.465 e. The molecule has 0 saturated carbocycles. The number of likely N-dealkylation sites (tertiary alicyclic amines) is 1. The average Bonchev–Trinajstić information content (AvgIpc) is 2.65. The molecule has 0 atom stereocenters. The fourth-order valence-electron chi connectivity index (χ4n) is 3.93. The summed E-state index contributed by atoms with van der Waals surface area (Å²) < 4.78 is 4.72. The molecule has 2 aromatic carbocycles. The van der Waals surface area contributed by atoms with Crippen LogP contribution in [0.2, 0.25) is 10.0 Å². The van der Waals surface area contributed by atoms with Crippen LogP contribution in [0.3, 0.4) is 0 Å². The number of nitrogens with zero attached hydrogens (tertiary/aromatic N) is 2. The first-order valence-corrected chi connectivity index (χ1v) is 10.0. The van der Waals surface area contributed by atoms with E-state index in [1.165, 1.54) is 7.11 Å². The molecule has 152 valence electrons. The highest BCUT2D eigenvalue weighted by Crippen LogP contribution is 2.41. The Hall–Kier alpha value is -2.44. The number of hydrogen-bond acceptors (Lipinski definition) is 4. The topological polar surface area (TPSA) is 61.9 Å². The van der Waals surface area contributed by atoms with Gasteiger partial charge in [-0.25, -0.2) is 9.59 Å². The number of halogens is 2. The average molecular weight is 434 g/mol. The summed E-state index contributed by atoms with van der Waals surface area (Å²) in [4.78, 5) is 28.0. The molecule has 2 aliphatic rings. The van der Waals surface area contributed by atoms with Gasteiger partial charge in [0.05, 0.1) is 12.7 Å². The second-order valence-electron chi connectivity index (χ2n) is 7.65. The zero-order valence-electron chi connectivity index (χ0n) is 16.0. The van der Waals surface area contributed by atoms with Crippen molar-refractivity contribution in [1.82, 2.24) is 10.2 Å². The molecule has 29 heavy (non-hydrogen) atoms. The third-order valence-corrected chi connectivity index (χ3v) is 6.08. The van der Waals surface area contributed by atoms with E-state index in [1.807, 2.05) is 23.1 Å². The molecule has 1 spiro atoms. The summed E-state index contributed by atoms with van der Waals surface area (Å²) in [6.07, 6.45) is 0. The van der Waals surface area contributed by atoms with E-state index >= 15 is 0 Å². The zero-order chi connectivity index (χ0) is 20.6. The maximum absolute atomic E-state index is 12.4. The summed E-state index contributed by atoms with van der Waals surface area (Å²) in [7, 11) is 1.37. The first-order valence-electron chi connectivity index (χ1n) is 9.29. The predicted octanol–water partition coefficient (Wildman–Crippen LogP) is 3.81. The van der Waals surface area contributed by atoms with Crippen molar-refractivity contribution in [3.8, 4) is 0 Å². The van der Waals surface area contributed by atoms with E-state index in [1.54, 1.807) is 24.3 Å². The maximum Gasteiger partial charge on any atom is 0.337 e. The number of nitrogens with one attached hydrogen (secondary N) is 1. The van der Waals surface area contributed by atoms with Gasteiger partial charge in [-0.05, 0) is 42.0 Å². The van der Waals surface area contributed by atoms with Gasteiger partial charge in [-0.15, -0.1) is 0 Å². The molecule has 0 bridgehead atoms. The van der Waals surface area contributed by atoms with Gasteiger partial charge in [0.25, 0.3) is 0 Å². The number of ether oxygens (including phenoxy) is 1. The molecule has 1 N–H and O–H groups in total. The van der Waals surface area contributed by atoms with E-state index in [0.717, 1.165) is 37.4 Å². The normalized spacial score (nSPS) is 16.8. The number of urea groups is 1. The Morgan fingerprint density at radius 3 is 2.38 bits per heavy atom. The summed E-state index contributed by atoms with van der Waals surface area (Å²) in [6, 6.07) is 12.6. The lowest BCUT2D eigenvalue weighted by atomic mass is 9.72. The van der Waals surface area contributed by atoms with Crippen molar-refractivity contribution in [3.05, 3.63) is 63.6 Å². The first-order chi connectivity index (χ1) is 13.9. The van der Waals surface area contributed by atoms with E-state index < -0.39 is 0 Å². The van der Waals surface area contributed by atoms with Crippen molar-refractivity contribution in [1.29, 1.82) is 0 Å². The minimum absolute atomic E-state index is 0.0810. The van der Waals surface area contributed by atoms with Crippen LogP contribution in [0, 0.1) is 5.41 Å². The molecular formula is C21H21Cl2N3O3. The highest BCUT2D eigenvalue weighted by atomic mass is 35.5. The zero-order valence-corrected chi connectivity index (χ0v) is 17.5. The summed E-state index contributed by atoms with van der Waals surface area (Å²) in [5, 5.41) is 4.03. The number of esters is 1. The van der Waals surface area contributed by atoms with Gasteiger partial charge in [0.15, 0.2) is 0 Å². The van der Waals surface area contributed by atoms with E-state index in [9.17, 15) is 9.59 Å². The van der Waals surface area contributed by atoms with Gasteiger partial charge >= 0.3 is 12.0 Å². The molecule has 6 nitrogen and oxygen atoms in total. The van der Waals surface area contributed by atoms with Crippen LogP contribution in [0.15, 0.2) is 42.5 Å². The van der Waals surface area contributed by atoms with Crippen LogP contribution in [0.25, 0.3) is 0 Å². The number of hydrogen-bond donors (Lipinski definition) is 1. The van der Waals surface area contributed by atoms with E-state index in [-0.39, 0.29) is 17.4 Å². The molecule has 4 rings (SSSR count). The van der Waals surface area contributed by atoms with Crippen molar-refractivity contribution in [2.75, 3.05) is 38.2 Å². The fourth-order valence-corrected chi connectivity index (χ4v) is 4.40. The molecule has 2 aliphatic heterocycles. The molecule has 2 saturated heterocycles. The lowest BCUT2D eigenvalue weighted by Crippen LogP contribution is -2.73. The molecule has 0 aliphatic carbocycles. The number of amides is 2. The Morgan fingerprint density at radius 1 is 1.07 bits per heavy atom. The summed E-state index contributed by atoms with van der Waals surface area (Å²) in [5.41, 5.74) is 2.61. The Bertz CT molecular complexity index is 935. The number of carbonyl (C=O) groups excluding carboxylic acids is 2. The van der Waals surface area contributed by atoms with Crippen LogP contribution in [0.5, 0.6) is 0 Å². The molecule has 0 aromatic heterocycles. The van der Waals surface area contributed by atoms with Gasteiger partial charge in [-0.1, -0.05) is 29.3 Å². The first kappa shape index (κ1) is 19.9. The van der Waals surface area contributed by atoms with Gasteiger partial charge in [0.2, 0.25) is 0 Å². The van der Waals surface area contributed by atoms with Crippen LogP contribution in [0.4, 0.5) is 10.5 Å². The second-order valence-corrected chi connectivity index (χ2v) is 8.49. The number of methoxy groups -OCH3 is 1. The number of anilines is 1. The SMILES string of the molecule is COC(=O)c1ccc(N2CC3(CN(C(=O)NCc4ccc(Cl)cc4Cl)C3)C2)cc1. The summed E-state index contributed by atoms with van der Waals surface area (Å²) in [5.74, 6) is -0.336. The Morgan fingerprint density at radius 2 is 1.76 bits per heavy atom. The van der Waals surface area contributed by atoms with Crippen molar-refractivity contribution < 1.29 is 14.3 Å². The third-order valence-electron chi connectivity index (χ3n) is 5.49. The Kier molecular flexibility index (Phi) is 5.32. The standard InChI is InChI=1S/C21H21Cl2N3O3/c1-29-19(27)14-3-6-17(7-4-14)25-10-21(11-25)12-26(13-21)20(28)24-9-15-2-5-16(22)8-18(15)23/h2-8H,9-13H2,1H3,(H,24,28). The lowest BCUT2D eigenvalue weighted by molar-refractivity contribution is 0.00767. The van der Waals surface area contributed by atoms with Crippen LogP contribution >= 0.6 is 23.2 Å². The second kappa shape index (κ2) is 7.76. The molecule has 2 amide bonds. The van der Waals surface area contributed by atoms with Crippen molar-refractivity contribution in [3.63, 3.8) is 0 Å². The van der Waals surface area contributed by atoms with Gasteiger partial charge in [-0.3, -0.25) is 0 Å². The maximum atomic E-state index is 12.4. The van der Waals surface area contributed by atoms with Crippen LogP contribution in [-0.2, 0) is 11.3 Å². The summed E-state index contributed by atoms with van der Waals surface area (Å²) in [6.45, 7) is 3.65. The van der Waals surface area contributed by atoms with E-state index in [4.69, 9.17) is 27.9 Å². The monoisotopic (exact) mass is 433 g/mol. The van der Waals surface area contributed by atoms with E-state index in [0.29, 0.717) is 22.2 Å². The fraction of sp³-hybridized carbons (Fsp3) is 0.333. The van der Waals surface area contributed by atoms with Gasteiger partial charge in [0.1, 0.15) is 0 Å². The van der Waals surface area contributed by atoms with Crippen molar-refractivity contribution in [2.24, 2.45) is 5.41 Å². The molecule has 8 heteroatoms. The van der Waals surface area contributed by atoms with E-state index in [2.05, 4.69) is 10.2 Å². The Balaban J connectivity index is 1.24. The third kappa shape index (κ3) is 4.00. The highest BCUT2D eigenvalue weighted by molar-refractivity contribution is 6.35. The van der Waals surface area contributed by atoms with Gasteiger partial charge in [-0.2, -0.15) is 0 Å². The van der Waals surface area contributed by atoms with Crippen LogP contribution < -0.4 is 10.2 Å². The van der Waals surface area contributed by atoms with Gasteiger partial charge in [0, 0.05) is 53.9 Å². The number of carbonyl (C=O) groups is 2. The lowest BCUT2D eigenvalue weighted by Gasteiger charge is -2.60. The predicted molar refractivity (Wildman–Crippen MR) is 113 cm³/mol. The summed E-state index contributed by atoms with van der Waals surface area (Å²) >= 11 is 12.0. The molecule has 2 aromatic rings. The smallest absolute Gasteiger partial charge is 0.337 e. The largest absolute Gasteiger partial charge is 0.465 e. The van der Waals surface area contributed by atoms with Crippen molar-refractivity contribution >= 4 is 40.9 Å². The minimum atomic E-state index is -0.336. The molecule has 0 radical (unpaired) electrons. The Labute approximate surface area is 179 Å². The molecule has 2 fully saturated rings. The number of rotatable bonds is 4. The van der Waals surface area contributed by atoms with Gasteiger partial charge < -0.3 is 19.9 Å². The van der Waals surface area contributed by atoms with Crippen molar-refractivity contribution in [2.45, 2.75) is 6.54 Å². The molecule has 2 heterocycles. The molecular weight excluding hydrogens is 413 g/mol. The highest BCUT2D eigenvalue weighted by Gasteiger charge is 2.53. The molecule has 0 unspecified atom stereocenters. The van der Waals surface area contributed by atoms with Crippen LogP contribution in [-0.4, -0.2) is 50.2 Å².